The number of nitrogens with zero attached hydrogens (tertiary/aromatic N) is 4. The molecule has 0 spiro atoms. The van der Waals surface area contributed by atoms with Gasteiger partial charge in [-0.25, -0.2) is 18.4 Å². The highest BCUT2D eigenvalue weighted by atomic mass is 79.9. The number of rotatable bonds is 5. The minimum absolute atomic E-state index is 0.263. The number of sulfonamides is 1. The molecule has 0 amide bonds. The maximum Gasteiger partial charge on any atom is 0.243 e. The molecule has 0 atom stereocenters. The van der Waals surface area contributed by atoms with E-state index < -0.39 is 10.0 Å². The molecule has 0 bridgehead atoms. The summed E-state index contributed by atoms with van der Waals surface area (Å²) < 4.78 is 28.6. The Balaban J connectivity index is 1.61. The van der Waals surface area contributed by atoms with Crippen molar-refractivity contribution in [3.8, 4) is 11.4 Å². The maximum absolute atomic E-state index is 13.1. The molecule has 0 saturated carbocycles. The maximum atomic E-state index is 13.1. The predicted octanol–water partition coefficient (Wildman–Crippen LogP) is 4.85. The highest BCUT2D eigenvalue weighted by Crippen LogP contribution is 2.32. The second-order valence-corrected chi connectivity index (χ2v) is 11.1. The molecule has 1 saturated heterocycles. The Kier molecular flexibility index (Phi) is 6.65. The molecular formula is C24H27BrN4O2S. The Morgan fingerprint density at radius 3 is 2.12 bits per heavy atom. The fourth-order valence-corrected chi connectivity index (χ4v) is 5.78. The Morgan fingerprint density at radius 1 is 0.906 bits per heavy atom. The third-order valence-electron chi connectivity index (χ3n) is 5.72. The van der Waals surface area contributed by atoms with E-state index in [1.807, 2.05) is 37.3 Å². The van der Waals surface area contributed by atoms with Gasteiger partial charge in [0, 0.05) is 47.5 Å². The van der Waals surface area contributed by atoms with Crippen LogP contribution in [0.4, 0.5) is 5.82 Å². The van der Waals surface area contributed by atoms with Gasteiger partial charge in [-0.3, -0.25) is 0 Å². The summed E-state index contributed by atoms with van der Waals surface area (Å²) in [6.07, 6.45) is 0. The van der Waals surface area contributed by atoms with E-state index in [0.717, 1.165) is 27.1 Å². The lowest BCUT2D eigenvalue weighted by Crippen LogP contribution is -2.49. The molecule has 0 unspecified atom stereocenters. The van der Waals surface area contributed by atoms with Crippen LogP contribution >= 0.6 is 15.9 Å². The lowest BCUT2D eigenvalue weighted by atomic mass is 10.0. The van der Waals surface area contributed by atoms with E-state index in [0.29, 0.717) is 36.9 Å². The number of aryl methyl sites for hydroxylation is 1. The Bertz CT molecular complexity index is 1190. The fourth-order valence-electron chi connectivity index (χ4n) is 4.10. The van der Waals surface area contributed by atoms with Gasteiger partial charge in [-0.05, 0) is 37.1 Å². The van der Waals surface area contributed by atoms with Crippen molar-refractivity contribution in [3.63, 3.8) is 0 Å². The van der Waals surface area contributed by atoms with Crippen LogP contribution < -0.4 is 4.90 Å². The summed E-state index contributed by atoms with van der Waals surface area (Å²) in [5.74, 6) is 1.87. The van der Waals surface area contributed by atoms with Gasteiger partial charge in [-0.2, -0.15) is 4.31 Å². The van der Waals surface area contributed by atoms with Crippen molar-refractivity contribution < 1.29 is 8.42 Å². The van der Waals surface area contributed by atoms with Gasteiger partial charge < -0.3 is 4.90 Å². The molecule has 0 aliphatic carbocycles. The molecule has 0 N–H and O–H groups in total. The number of hydrogen-bond donors (Lipinski definition) is 0. The van der Waals surface area contributed by atoms with Gasteiger partial charge in [0.1, 0.15) is 5.82 Å². The summed E-state index contributed by atoms with van der Waals surface area (Å²) >= 11 is 3.36. The van der Waals surface area contributed by atoms with E-state index in [1.165, 1.54) is 0 Å². The number of halogens is 1. The van der Waals surface area contributed by atoms with Crippen LogP contribution in [-0.2, 0) is 10.0 Å². The van der Waals surface area contributed by atoms with E-state index in [-0.39, 0.29) is 5.92 Å². The first-order chi connectivity index (χ1) is 15.3. The predicted molar refractivity (Wildman–Crippen MR) is 131 cm³/mol. The van der Waals surface area contributed by atoms with Crippen molar-refractivity contribution in [1.29, 1.82) is 0 Å². The van der Waals surface area contributed by atoms with Crippen molar-refractivity contribution in [3.05, 3.63) is 70.3 Å². The number of piperazine rings is 1. The van der Waals surface area contributed by atoms with Crippen molar-refractivity contribution >= 4 is 31.8 Å². The van der Waals surface area contributed by atoms with Gasteiger partial charge in [-0.1, -0.05) is 60.1 Å². The van der Waals surface area contributed by atoms with Crippen molar-refractivity contribution in [1.82, 2.24) is 14.3 Å². The van der Waals surface area contributed by atoms with Crippen LogP contribution in [-0.4, -0.2) is 48.9 Å². The molecule has 1 aromatic heterocycles. The number of anilines is 1. The molecule has 6 nitrogen and oxygen atoms in total. The minimum atomic E-state index is -3.52. The molecule has 168 valence electrons. The number of aromatic nitrogens is 2. The van der Waals surface area contributed by atoms with E-state index in [2.05, 4.69) is 34.7 Å². The molecule has 4 rings (SSSR count). The van der Waals surface area contributed by atoms with Gasteiger partial charge in [-0.15, -0.1) is 0 Å². The standard InChI is InChI=1S/C24H27BrN4O2S/c1-17(2)22-18(3)26-23(19-7-5-4-6-8-19)27-24(22)28-13-15-29(16-14-28)32(30,31)21-11-9-20(25)10-12-21/h4-12,17H,13-16H2,1-3H3. The highest BCUT2D eigenvalue weighted by Gasteiger charge is 2.30. The molecular weight excluding hydrogens is 488 g/mol. The lowest BCUT2D eigenvalue weighted by molar-refractivity contribution is 0.383. The van der Waals surface area contributed by atoms with E-state index >= 15 is 0 Å². The van der Waals surface area contributed by atoms with Crippen LogP contribution in [0.5, 0.6) is 0 Å². The SMILES string of the molecule is Cc1nc(-c2ccccc2)nc(N2CCN(S(=O)(=O)c3ccc(Br)cc3)CC2)c1C(C)C. The lowest BCUT2D eigenvalue weighted by Gasteiger charge is -2.36. The van der Waals surface area contributed by atoms with Gasteiger partial charge >= 0.3 is 0 Å². The van der Waals surface area contributed by atoms with Crippen molar-refractivity contribution in [2.75, 3.05) is 31.1 Å². The molecule has 8 heteroatoms. The smallest absolute Gasteiger partial charge is 0.243 e. The zero-order chi connectivity index (χ0) is 22.9. The van der Waals surface area contributed by atoms with E-state index in [1.54, 1.807) is 28.6 Å². The second kappa shape index (κ2) is 9.29. The van der Waals surface area contributed by atoms with Gasteiger partial charge in [0.2, 0.25) is 10.0 Å². The number of hydrogen-bond acceptors (Lipinski definition) is 5. The molecule has 1 aliphatic rings. The molecule has 0 radical (unpaired) electrons. The van der Waals surface area contributed by atoms with Crippen LogP contribution in [0.2, 0.25) is 0 Å². The first-order valence-corrected chi connectivity index (χ1v) is 13.0. The highest BCUT2D eigenvalue weighted by molar-refractivity contribution is 9.10. The molecule has 3 aromatic rings. The Hall–Kier alpha value is -2.29. The third-order valence-corrected chi connectivity index (χ3v) is 8.16. The van der Waals surface area contributed by atoms with E-state index in [9.17, 15) is 8.42 Å². The molecule has 2 aromatic carbocycles. The first-order valence-electron chi connectivity index (χ1n) is 10.7. The van der Waals surface area contributed by atoms with Crippen LogP contribution in [0.15, 0.2) is 64.0 Å². The summed E-state index contributed by atoms with van der Waals surface area (Å²) in [4.78, 5) is 12.2. The summed E-state index contributed by atoms with van der Waals surface area (Å²) in [6, 6.07) is 16.8. The second-order valence-electron chi connectivity index (χ2n) is 8.24. The molecule has 2 heterocycles. The zero-order valence-corrected chi connectivity index (χ0v) is 20.9. The quantitative estimate of drug-likeness (QED) is 0.486. The average molecular weight is 515 g/mol. The van der Waals surface area contributed by atoms with E-state index in [4.69, 9.17) is 9.97 Å². The summed E-state index contributed by atoms with van der Waals surface area (Å²) in [7, 11) is -3.52. The van der Waals surface area contributed by atoms with Gasteiger partial charge in [0.25, 0.3) is 0 Å². The molecule has 1 fully saturated rings. The van der Waals surface area contributed by atoms with Gasteiger partial charge in [0.05, 0.1) is 4.90 Å². The topological polar surface area (TPSA) is 66.4 Å². The van der Waals surface area contributed by atoms with Gasteiger partial charge in [0.15, 0.2) is 5.82 Å². The minimum Gasteiger partial charge on any atom is -0.354 e. The molecule has 1 aliphatic heterocycles. The summed E-state index contributed by atoms with van der Waals surface area (Å²) in [6.45, 7) is 8.32. The normalized spacial score (nSPS) is 15.3. The molecule has 32 heavy (non-hydrogen) atoms. The number of benzene rings is 2. The first kappa shape index (κ1) is 22.9. The summed E-state index contributed by atoms with van der Waals surface area (Å²) in [5, 5.41) is 0. The fraction of sp³-hybridized carbons (Fsp3) is 0.333. The Labute approximate surface area is 198 Å². The summed E-state index contributed by atoms with van der Waals surface area (Å²) in [5.41, 5.74) is 3.06. The largest absolute Gasteiger partial charge is 0.354 e. The van der Waals surface area contributed by atoms with Crippen LogP contribution in [0.3, 0.4) is 0 Å². The monoisotopic (exact) mass is 514 g/mol. The Morgan fingerprint density at radius 2 is 1.53 bits per heavy atom. The van der Waals surface area contributed by atoms with Crippen molar-refractivity contribution in [2.24, 2.45) is 0 Å². The van der Waals surface area contributed by atoms with Crippen LogP contribution in [0.1, 0.15) is 31.0 Å². The zero-order valence-electron chi connectivity index (χ0n) is 18.5. The van der Waals surface area contributed by atoms with Crippen LogP contribution in [0, 0.1) is 6.92 Å². The average Bonchev–Trinajstić information content (AvgIpc) is 2.79. The van der Waals surface area contributed by atoms with Crippen molar-refractivity contribution in [2.45, 2.75) is 31.6 Å². The third kappa shape index (κ3) is 4.58. The van der Waals surface area contributed by atoms with Crippen LogP contribution in [0.25, 0.3) is 11.4 Å².